The fourth-order valence-corrected chi connectivity index (χ4v) is 2.69. The molecule has 1 aromatic heterocycles. The molecule has 0 spiro atoms. The largest absolute Gasteiger partial charge is 0.513 e. The van der Waals surface area contributed by atoms with Gasteiger partial charge in [0.05, 0.1) is 5.56 Å². The Morgan fingerprint density at radius 3 is 2.88 bits per heavy atom. The van der Waals surface area contributed by atoms with Crippen LogP contribution in [0.4, 0.5) is 13.2 Å². The van der Waals surface area contributed by atoms with Gasteiger partial charge < -0.3 is 19.6 Å². The Hall–Kier alpha value is -2.05. The molecule has 1 aromatic carbocycles. The summed E-state index contributed by atoms with van der Waals surface area (Å²) in [5.41, 5.74) is 3.19. The van der Waals surface area contributed by atoms with Crippen LogP contribution in [0.5, 0.6) is 0 Å². The van der Waals surface area contributed by atoms with E-state index in [1.165, 1.54) is 6.07 Å². The maximum atomic E-state index is 12.8. The van der Waals surface area contributed by atoms with E-state index in [-0.39, 0.29) is 12.2 Å². The second-order valence-corrected chi connectivity index (χ2v) is 5.62. The highest BCUT2D eigenvalue weighted by molar-refractivity contribution is 5.79. The van der Waals surface area contributed by atoms with Crippen molar-refractivity contribution in [1.29, 1.82) is 0 Å². The van der Waals surface area contributed by atoms with Crippen LogP contribution in [0.3, 0.4) is 0 Å². The summed E-state index contributed by atoms with van der Waals surface area (Å²) in [5, 5.41) is 0.409. The fourth-order valence-electron chi connectivity index (χ4n) is 2.69. The van der Waals surface area contributed by atoms with Gasteiger partial charge in [-0.1, -0.05) is 5.92 Å². The van der Waals surface area contributed by atoms with Crippen LogP contribution in [0.2, 0.25) is 0 Å². The number of hydroxylamine groups is 1. The van der Waals surface area contributed by atoms with Gasteiger partial charge in [0.25, 0.3) is 0 Å². The number of nitrogens with two attached hydrogens (primary N) is 1. The average Bonchev–Trinajstić information content (AvgIpc) is 3.19. The van der Waals surface area contributed by atoms with Gasteiger partial charge in [0, 0.05) is 5.39 Å². The standard InChI is InChI=1S/C17H16F3N2O3/c18-17(19,20)12-4-6-14-11(9-12)10-16(24-14)15-7-5-13(23-15)3-1-2-8-22-25-21/h4,6,9-10,13,15H,2,5,7-8,21H2/q-1. The van der Waals surface area contributed by atoms with Gasteiger partial charge >= 0.3 is 6.18 Å². The Bertz CT molecular complexity index is 792. The van der Waals surface area contributed by atoms with Crippen LogP contribution in [-0.2, 0) is 15.9 Å². The van der Waals surface area contributed by atoms with Gasteiger partial charge in [-0.15, -0.1) is 12.5 Å². The minimum absolute atomic E-state index is 0.234. The molecule has 0 radical (unpaired) electrons. The molecule has 2 heterocycles. The van der Waals surface area contributed by atoms with Gasteiger partial charge in [-0.3, -0.25) is 0 Å². The number of halogens is 3. The lowest BCUT2D eigenvalue weighted by atomic mass is 10.1. The molecular weight excluding hydrogens is 337 g/mol. The molecule has 0 bridgehead atoms. The molecule has 2 N–H and O–H groups in total. The summed E-state index contributed by atoms with van der Waals surface area (Å²) in [6.45, 7) is 0.380. The molecule has 0 amide bonds. The lowest BCUT2D eigenvalue weighted by molar-refractivity contribution is -0.137. The van der Waals surface area contributed by atoms with Crippen molar-refractivity contribution in [2.24, 2.45) is 5.90 Å². The number of hydrogen-bond donors (Lipinski definition) is 1. The Kier molecular flexibility index (Phi) is 5.30. The van der Waals surface area contributed by atoms with E-state index in [0.717, 1.165) is 18.6 Å². The van der Waals surface area contributed by atoms with Gasteiger partial charge in [-0.05, 0) is 43.5 Å². The monoisotopic (exact) mass is 353 g/mol. The molecule has 0 aliphatic carbocycles. The predicted molar refractivity (Wildman–Crippen MR) is 84.0 cm³/mol. The molecule has 2 atom stereocenters. The Morgan fingerprint density at radius 1 is 1.28 bits per heavy atom. The number of nitrogens with zero attached hydrogens (tertiary/aromatic N) is 1. The van der Waals surface area contributed by atoms with E-state index in [0.29, 0.717) is 36.1 Å². The highest BCUT2D eigenvalue weighted by Gasteiger charge is 2.32. The third kappa shape index (κ3) is 4.32. The van der Waals surface area contributed by atoms with Crippen LogP contribution in [0, 0.1) is 11.8 Å². The van der Waals surface area contributed by atoms with Crippen molar-refractivity contribution in [3.8, 4) is 11.8 Å². The van der Waals surface area contributed by atoms with Crippen LogP contribution in [0.1, 0.15) is 36.7 Å². The van der Waals surface area contributed by atoms with Crippen molar-refractivity contribution in [3.63, 3.8) is 0 Å². The third-order valence-electron chi connectivity index (χ3n) is 3.87. The summed E-state index contributed by atoms with van der Waals surface area (Å²) < 4.78 is 49.8. The zero-order chi connectivity index (χ0) is 17.9. The third-order valence-corrected chi connectivity index (χ3v) is 3.87. The minimum atomic E-state index is -4.38. The Labute approximate surface area is 142 Å². The van der Waals surface area contributed by atoms with Crippen molar-refractivity contribution in [2.45, 2.75) is 37.6 Å². The molecule has 5 nitrogen and oxygen atoms in total. The van der Waals surface area contributed by atoms with Crippen LogP contribution in [0.15, 0.2) is 28.7 Å². The van der Waals surface area contributed by atoms with E-state index in [1.807, 2.05) is 0 Å². The zero-order valence-corrected chi connectivity index (χ0v) is 13.2. The molecule has 0 saturated carbocycles. The van der Waals surface area contributed by atoms with Crippen molar-refractivity contribution < 1.29 is 27.3 Å². The summed E-state index contributed by atoms with van der Waals surface area (Å²) in [6, 6.07) is 5.02. The maximum absolute atomic E-state index is 12.8. The first-order valence-electron chi connectivity index (χ1n) is 7.74. The van der Waals surface area contributed by atoms with Crippen molar-refractivity contribution in [3.05, 3.63) is 41.1 Å². The van der Waals surface area contributed by atoms with E-state index in [1.54, 1.807) is 6.07 Å². The fraction of sp³-hybridized carbons (Fsp3) is 0.412. The van der Waals surface area contributed by atoms with Crippen LogP contribution in [0.25, 0.3) is 16.4 Å². The molecule has 1 aliphatic rings. The molecule has 1 fully saturated rings. The summed E-state index contributed by atoms with van der Waals surface area (Å²) in [5.74, 6) is 11.2. The molecule has 1 aliphatic heterocycles. The molecule has 1 saturated heterocycles. The maximum Gasteiger partial charge on any atom is 0.416 e. The second kappa shape index (κ2) is 7.45. The van der Waals surface area contributed by atoms with Gasteiger partial charge in [0.1, 0.15) is 23.6 Å². The highest BCUT2D eigenvalue weighted by Crippen LogP contribution is 2.37. The van der Waals surface area contributed by atoms with Gasteiger partial charge in [0.15, 0.2) is 0 Å². The normalized spacial score (nSPS) is 20.6. The number of benzene rings is 1. The number of rotatable bonds is 4. The predicted octanol–water partition coefficient (Wildman–Crippen LogP) is 4.24. The first kappa shape index (κ1) is 17.8. The topological polar surface area (TPSA) is 71.7 Å². The van der Waals surface area contributed by atoms with E-state index in [4.69, 9.17) is 15.1 Å². The molecule has 2 aromatic rings. The van der Waals surface area contributed by atoms with E-state index in [2.05, 4.69) is 22.3 Å². The SMILES string of the molecule is NO[N-]CCC#CC1CCC(c2cc3cc(C(F)(F)F)ccc3o2)O1. The molecule has 3 rings (SSSR count). The Balaban J connectivity index is 1.66. The molecule has 25 heavy (non-hydrogen) atoms. The van der Waals surface area contributed by atoms with Crippen molar-refractivity contribution >= 4 is 11.0 Å². The molecule has 2 unspecified atom stereocenters. The number of ether oxygens (including phenoxy) is 1. The van der Waals surface area contributed by atoms with Gasteiger partial charge in [0.2, 0.25) is 0 Å². The van der Waals surface area contributed by atoms with E-state index < -0.39 is 11.7 Å². The quantitative estimate of drug-likeness (QED) is 0.507. The van der Waals surface area contributed by atoms with Crippen LogP contribution >= 0.6 is 0 Å². The van der Waals surface area contributed by atoms with Gasteiger partial charge in [-0.2, -0.15) is 13.2 Å². The molecular formula is C17H16F3N2O3-. The average molecular weight is 353 g/mol. The molecule has 134 valence electrons. The van der Waals surface area contributed by atoms with Crippen LogP contribution in [-0.4, -0.2) is 12.6 Å². The van der Waals surface area contributed by atoms with E-state index in [9.17, 15) is 13.2 Å². The smallest absolute Gasteiger partial charge is 0.416 e. The highest BCUT2D eigenvalue weighted by atomic mass is 19.4. The van der Waals surface area contributed by atoms with Crippen LogP contribution < -0.4 is 5.90 Å². The minimum Gasteiger partial charge on any atom is -0.513 e. The van der Waals surface area contributed by atoms with Crippen molar-refractivity contribution in [2.75, 3.05) is 6.54 Å². The summed E-state index contributed by atoms with van der Waals surface area (Å²) in [4.78, 5) is 4.09. The number of fused-ring (bicyclic) bond motifs is 1. The number of alkyl halides is 3. The summed E-state index contributed by atoms with van der Waals surface area (Å²) in [7, 11) is 0. The van der Waals surface area contributed by atoms with Gasteiger partial charge in [-0.25, -0.2) is 5.90 Å². The van der Waals surface area contributed by atoms with Crippen molar-refractivity contribution in [1.82, 2.24) is 0 Å². The number of furan rings is 1. The lowest BCUT2D eigenvalue weighted by Crippen LogP contribution is -2.03. The summed E-state index contributed by atoms with van der Waals surface area (Å²) >= 11 is 0. The molecule has 8 heteroatoms. The second-order valence-electron chi connectivity index (χ2n) is 5.62. The summed E-state index contributed by atoms with van der Waals surface area (Å²) in [6.07, 6.45) is -2.99. The zero-order valence-electron chi connectivity index (χ0n) is 13.2. The Morgan fingerprint density at radius 2 is 2.12 bits per heavy atom. The lowest BCUT2D eigenvalue weighted by Gasteiger charge is -2.11. The first-order valence-corrected chi connectivity index (χ1v) is 7.74. The first-order chi connectivity index (χ1) is 12.0. The number of hydrogen-bond acceptors (Lipinski definition) is 4. The van der Waals surface area contributed by atoms with E-state index >= 15 is 0 Å².